The van der Waals surface area contributed by atoms with Crippen molar-refractivity contribution in [3.63, 3.8) is 0 Å². The molecular formula is C11H8BrFN2O2S. The third-order valence-corrected chi connectivity index (χ3v) is 3.82. The monoisotopic (exact) mass is 330 g/mol. The minimum Gasteiger partial charge on any atom is -0.477 e. The Balaban J connectivity index is 2.37. The molecule has 1 N–H and O–H groups in total. The van der Waals surface area contributed by atoms with Crippen LogP contribution in [0.4, 0.5) is 15.2 Å². The number of hydrogen-bond acceptors (Lipinski definition) is 4. The van der Waals surface area contributed by atoms with E-state index in [-0.39, 0.29) is 4.88 Å². The molecule has 0 aliphatic rings. The summed E-state index contributed by atoms with van der Waals surface area (Å²) in [5, 5.41) is 9.24. The van der Waals surface area contributed by atoms with Crippen LogP contribution in [0.5, 0.6) is 0 Å². The van der Waals surface area contributed by atoms with Gasteiger partial charge >= 0.3 is 5.97 Å². The molecule has 0 fully saturated rings. The molecule has 0 spiro atoms. The van der Waals surface area contributed by atoms with E-state index in [1.54, 1.807) is 19.2 Å². The largest absolute Gasteiger partial charge is 0.477 e. The Morgan fingerprint density at radius 2 is 2.28 bits per heavy atom. The van der Waals surface area contributed by atoms with Gasteiger partial charge in [0.25, 0.3) is 0 Å². The van der Waals surface area contributed by atoms with Gasteiger partial charge in [-0.05, 0) is 18.2 Å². The van der Waals surface area contributed by atoms with Crippen molar-refractivity contribution >= 4 is 44.1 Å². The predicted molar refractivity (Wildman–Crippen MR) is 71.2 cm³/mol. The molecule has 0 saturated carbocycles. The number of carboxylic acid groups (broad SMARTS) is 1. The van der Waals surface area contributed by atoms with E-state index in [4.69, 9.17) is 5.11 Å². The molecule has 1 aromatic carbocycles. The topological polar surface area (TPSA) is 53.4 Å². The third kappa shape index (κ3) is 2.51. The number of carbonyl (C=O) groups is 1. The number of anilines is 2. The minimum atomic E-state index is -1.04. The molecule has 18 heavy (non-hydrogen) atoms. The quantitative estimate of drug-likeness (QED) is 0.935. The van der Waals surface area contributed by atoms with Crippen LogP contribution < -0.4 is 4.90 Å². The molecule has 0 aliphatic carbocycles. The van der Waals surface area contributed by atoms with Crippen molar-refractivity contribution in [2.75, 3.05) is 11.9 Å². The molecule has 1 aromatic heterocycles. The van der Waals surface area contributed by atoms with E-state index in [1.807, 2.05) is 0 Å². The van der Waals surface area contributed by atoms with E-state index in [0.29, 0.717) is 10.8 Å². The highest BCUT2D eigenvalue weighted by atomic mass is 79.9. The summed E-state index contributed by atoms with van der Waals surface area (Å²) in [6, 6.07) is 4.54. The van der Waals surface area contributed by atoms with Crippen LogP contribution in [-0.4, -0.2) is 23.1 Å². The molecule has 0 atom stereocenters. The summed E-state index contributed by atoms with van der Waals surface area (Å²) in [5.41, 5.74) is 0.329. The van der Waals surface area contributed by atoms with Gasteiger partial charge in [-0.25, -0.2) is 14.2 Å². The fraction of sp³-hybridized carbons (Fsp3) is 0.0909. The summed E-state index contributed by atoms with van der Waals surface area (Å²) in [4.78, 5) is 16.4. The Labute approximate surface area is 115 Å². The van der Waals surface area contributed by atoms with Crippen LogP contribution in [-0.2, 0) is 0 Å². The lowest BCUT2D eigenvalue weighted by Crippen LogP contribution is -2.10. The Morgan fingerprint density at radius 1 is 1.56 bits per heavy atom. The highest BCUT2D eigenvalue weighted by molar-refractivity contribution is 9.10. The van der Waals surface area contributed by atoms with E-state index in [2.05, 4.69) is 20.9 Å². The van der Waals surface area contributed by atoms with Crippen molar-refractivity contribution in [3.05, 3.63) is 39.6 Å². The molecular weight excluding hydrogens is 323 g/mol. The van der Waals surface area contributed by atoms with E-state index in [0.717, 1.165) is 15.8 Å². The molecule has 1 heterocycles. The zero-order valence-corrected chi connectivity index (χ0v) is 11.6. The van der Waals surface area contributed by atoms with Crippen molar-refractivity contribution < 1.29 is 14.3 Å². The van der Waals surface area contributed by atoms with Gasteiger partial charge in [0.05, 0.1) is 11.9 Å². The maximum atomic E-state index is 13.7. The Bertz CT molecular complexity index is 602. The summed E-state index contributed by atoms with van der Waals surface area (Å²) in [7, 11) is 1.63. The molecule has 0 aliphatic heterocycles. The van der Waals surface area contributed by atoms with Gasteiger partial charge in [0, 0.05) is 11.5 Å². The van der Waals surface area contributed by atoms with E-state index in [9.17, 15) is 9.18 Å². The van der Waals surface area contributed by atoms with E-state index < -0.39 is 11.8 Å². The summed E-state index contributed by atoms with van der Waals surface area (Å²) in [6.07, 6.45) is 1.26. The first-order valence-electron chi connectivity index (χ1n) is 4.87. The number of aromatic carboxylic acids is 1. The number of benzene rings is 1. The number of halogens is 2. The number of carboxylic acids is 1. The van der Waals surface area contributed by atoms with E-state index >= 15 is 0 Å². The second kappa shape index (κ2) is 5.03. The van der Waals surface area contributed by atoms with Gasteiger partial charge < -0.3 is 10.0 Å². The van der Waals surface area contributed by atoms with Gasteiger partial charge in [-0.15, -0.1) is 0 Å². The van der Waals surface area contributed by atoms with Crippen LogP contribution in [0.2, 0.25) is 0 Å². The average Bonchev–Trinajstić information content (AvgIpc) is 2.81. The van der Waals surface area contributed by atoms with Crippen LogP contribution in [0, 0.1) is 5.82 Å². The zero-order chi connectivity index (χ0) is 13.3. The van der Waals surface area contributed by atoms with E-state index in [1.165, 1.54) is 17.2 Å². The van der Waals surface area contributed by atoms with Gasteiger partial charge in [-0.3, -0.25) is 0 Å². The average molecular weight is 331 g/mol. The summed E-state index contributed by atoms with van der Waals surface area (Å²) < 4.78 is 14.4. The number of nitrogens with zero attached hydrogens (tertiary/aromatic N) is 2. The number of aromatic nitrogens is 1. The molecule has 94 valence electrons. The highest BCUT2D eigenvalue weighted by Gasteiger charge is 2.15. The number of hydrogen-bond donors (Lipinski definition) is 1. The molecule has 0 saturated heterocycles. The molecule has 2 rings (SSSR count). The molecule has 2 aromatic rings. The molecule has 0 amide bonds. The van der Waals surface area contributed by atoms with Gasteiger partial charge in [-0.1, -0.05) is 27.3 Å². The maximum Gasteiger partial charge on any atom is 0.347 e. The predicted octanol–water partition coefficient (Wildman–Crippen LogP) is 3.51. The highest BCUT2D eigenvalue weighted by Crippen LogP contribution is 2.31. The van der Waals surface area contributed by atoms with Crippen molar-refractivity contribution in [2.24, 2.45) is 0 Å². The van der Waals surface area contributed by atoms with Crippen molar-refractivity contribution in [1.82, 2.24) is 4.98 Å². The van der Waals surface area contributed by atoms with Gasteiger partial charge in [0.2, 0.25) is 0 Å². The zero-order valence-electron chi connectivity index (χ0n) is 9.22. The Kier molecular flexibility index (Phi) is 3.63. The fourth-order valence-electron chi connectivity index (χ4n) is 1.36. The van der Waals surface area contributed by atoms with Crippen LogP contribution >= 0.6 is 27.3 Å². The standard InChI is InChI=1S/C11H8BrFN2O2S/c1-15(8-4-6(12)2-3-7(8)13)11-14-5-9(18-11)10(16)17/h2-5H,1H3,(H,16,17). The van der Waals surface area contributed by atoms with Gasteiger partial charge in [0.1, 0.15) is 10.7 Å². The number of rotatable bonds is 3. The first-order valence-corrected chi connectivity index (χ1v) is 6.48. The number of thiazole rings is 1. The van der Waals surface area contributed by atoms with Gasteiger partial charge in [-0.2, -0.15) is 0 Å². The fourth-order valence-corrected chi connectivity index (χ4v) is 2.44. The first kappa shape index (κ1) is 13.0. The second-order valence-corrected chi connectivity index (χ2v) is 5.39. The van der Waals surface area contributed by atoms with Gasteiger partial charge in [0.15, 0.2) is 5.13 Å². The van der Waals surface area contributed by atoms with Crippen molar-refractivity contribution in [1.29, 1.82) is 0 Å². The molecule has 7 heteroatoms. The lowest BCUT2D eigenvalue weighted by molar-refractivity contribution is 0.0702. The Hall–Kier alpha value is -1.47. The Morgan fingerprint density at radius 3 is 2.89 bits per heavy atom. The normalized spacial score (nSPS) is 10.4. The van der Waals surface area contributed by atoms with Crippen molar-refractivity contribution in [2.45, 2.75) is 0 Å². The smallest absolute Gasteiger partial charge is 0.347 e. The van der Waals surface area contributed by atoms with Crippen LogP contribution in [0.15, 0.2) is 28.9 Å². The lowest BCUT2D eigenvalue weighted by Gasteiger charge is -2.16. The molecule has 0 radical (unpaired) electrons. The van der Waals surface area contributed by atoms with Crippen LogP contribution in [0.3, 0.4) is 0 Å². The van der Waals surface area contributed by atoms with Crippen LogP contribution in [0.25, 0.3) is 0 Å². The first-order chi connectivity index (χ1) is 8.49. The van der Waals surface area contributed by atoms with Crippen molar-refractivity contribution in [3.8, 4) is 0 Å². The van der Waals surface area contributed by atoms with Crippen LogP contribution in [0.1, 0.15) is 9.67 Å². The molecule has 0 unspecified atom stereocenters. The molecule has 0 bridgehead atoms. The second-order valence-electron chi connectivity index (χ2n) is 3.47. The SMILES string of the molecule is CN(c1ncc(C(=O)O)s1)c1cc(Br)ccc1F. The summed E-state index contributed by atoms with van der Waals surface area (Å²) in [6.45, 7) is 0. The summed E-state index contributed by atoms with van der Waals surface area (Å²) >= 11 is 4.25. The maximum absolute atomic E-state index is 13.7. The lowest BCUT2D eigenvalue weighted by atomic mass is 10.3. The minimum absolute atomic E-state index is 0.118. The molecule has 4 nitrogen and oxygen atoms in total. The summed E-state index contributed by atoms with van der Waals surface area (Å²) in [5.74, 6) is -1.44. The third-order valence-electron chi connectivity index (χ3n) is 2.26.